The van der Waals surface area contributed by atoms with Crippen LogP contribution in [0.3, 0.4) is 0 Å². The largest absolute Gasteiger partial charge is 0.378 e. The van der Waals surface area contributed by atoms with E-state index in [0.717, 1.165) is 31.5 Å². The number of rotatable bonds is 5. The molecule has 6 heteroatoms. The van der Waals surface area contributed by atoms with Crippen molar-refractivity contribution in [3.63, 3.8) is 0 Å². The molecule has 1 fully saturated rings. The summed E-state index contributed by atoms with van der Waals surface area (Å²) in [5.74, 6) is 0.0717. The first-order valence-corrected chi connectivity index (χ1v) is 8.60. The van der Waals surface area contributed by atoms with Gasteiger partial charge >= 0.3 is 0 Å². The molecule has 0 bridgehead atoms. The highest BCUT2D eigenvalue weighted by Gasteiger charge is 2.18. The monoisotopic (exact) mass is 341 g/mol. The van der Waals surface area contributed by atoms with E-state index in [-0.39, 0.29) is 11.5 Å². The lowest BCUT2D eigenvalue weighted by molar-refractivity contribution is 0.0724. The normalized spacial score (nSPS) is 14.5. The maximum atomic E-state index is 12.6. The molecule has 1 amide bonds. The number of aromatic nitrogens is 2. The van der Waals surface area contributed by atoms with Gasteiger partial charge in [0.15, 0.2) is 0 Å². The van der Waals surface area contributed by atoms with Crippen LogP contribution in [0.25, 0.3) is 0 Å². The van der Waals surface area contributed by atoms with E-state index in [0.29, 0.717) is 24.4 Å². The predicted octanol–water partition coefficient (Wildman–Crippen LogP) is 2.06. The molecular formula is C19H23N3O3. The second kappa shape index (κ2) is 8.07. The summed E-state index contributed by atoms with van der Waals surface area (Å²) in [7, 11) is 1.57. The van der Waals surface area contributed by atoms with Crippen molar-refractivity contribution in [3.05, 3.63) is 63.8 Å². The van der Waals surface area contributed by atoms with Crippen molar-refractivity contribution < 1.29 is 9.53 Å². The Morgan fingerprint density at radius 1 is 1.20 bits per heavy atom. The second-order valence-corrected chi connectivity index (χ2v) is 6.33. The van der Waals surface area contributed by atoms with Gasteiger partial charge in [-0.25, -0.2) is 4.98 Å². The summed E-state index contributed by atoms with van der Waals surface area (Å²) in [6, 6.07) is 8.97. The van der Waals surface area contributed by atoms with Gasteiger partial charge in [0.2, 0.25) is 0 Å². The number of amides is 1. The zero-order valence-electron chi connectivity index (χ0n) is 14.5. The first-order valence-electron chi connectivity index (χ1n) is 8.60. The van der Waals surface area contributed by atoms with Crippen LogP contribution < -0.4 is 5.56 Å². The van der Waals surface area contributed by atoms with Crippen molar-refractivity contribution in [2.24, 2.45) is 0 Å². The van der Waals surface area contributed by atoms with Gasteiger partial charge in [0.05, 0.1) is 25.2 Å². The predicted molar refractivity (Wildman–Crippen MR) is 94.5 cm³/mol. The van der Waals surface area contributed by atoms with Crippen molar-refractivity contribution in [2.45, 2.75) is 32.4 Å². The van der Waals surface area contributed by atoms with E-state index in [9.17, 15) is 9.59 Å². The summed E-state index contributed by atoms with van der Waals surface area (Å²) in [5.41, 5.74) is 2.07. The number of likely N-dealkylation sites (tertiary alicyclic amines) is 1. The van der Waals surface area contributed by atoms with Gasteiger partial charge in [0.25, 0.3) is 11.5 Å². The summed E-state index contributed by atoms with van der Waals surface area (Å²) in [6.45, 7) is 2.36. The number of benzene rings is 1. The minimum absolute atomic E-state index is 0.0717. The molecule has 0 spiro atoms. The SMILES string of the molecule is COCc1cc(=O)n(Cc2cccc(C(=O)N3CCCCC3)c2)cn1. The first kappa shape index (κ1) is 17.4. The van der Waals surface area contributed by atoms with Crippen LogP contribution in [-0.4, -0.2) is 40.6 Å². The maximum absolute atomic E-state index is 12.6. The van der Waals surface area contributed by atoms with E-state index < -0.39 is 0 Å². The molecule has 0 unspecified atom stereocenters. The van der Waals surface area contributed by atoms with Gasteiger partial charge in [0, 0.05) is 31.8 Å². The molecule has 1 aliphatic heterocycles. The van der Waals surface area contributed by atoms with E-state index in [1.807, 2.05) is 29.2 Å². The molecule has 0 N–H and O–H groups in total. The molecule has 0 aliphatic carbocycles. The molecule has 0 saturated carbocycles. The lowest BCUT2D eigenvalue weighted by atomic mass is 10.1. The van der Waals surface area contributed by atoms with Crippen LogP contribution in [0.1, 0.15) is 40.9 Å². The van der Waals surface area contributed by atoms with E-state index >= 15 is 0 Å². The Hall–Kier alpha value is -2.47. The van der Waals surface area contributed by atoms with E-state index in [4.69, 9.17) is 4.74 Å². The molecule has 0 radical (unpaired) electrons. The third-order valence-electron chi connectivity index (χ3n) is 4.40. The minimum atomic E-state index is -0.130. The fraction of sp³-hybridized carbons (Fsp3) is 0.421. The molecule has 1 aromatic carbocycles. The molecular weight excluding hydrogens is 318 g/mol. The van der Waals surface area contributed by atoms with Crippen LogP contribution in [0.2, 0.25) is 0 Å². The minimum Gasteiger partial charge on any atom is -0.378 e. The molecule has 3 rings (SSSR count). The Morgan fingerprint density at radius 3 is 2.72 bits per heavy atom. The van der Waals surface area contributed by atoms with Crippen molar-refractivity contribution in [3.8, 4) is 0 Å². The van der Waals surface area contributed by atoms with E-state index in [2.05, 4.69) is 4.98 Å². The Balaban J connectivity index is 1.75. The molecule has 2 aromatic rings. The van der Waals surface area contributed by atoms with Gasteiger partial charge in [-0.1, -0.05) is 12.1 Å². The molecule has 0 atom stereocenters. The zero-order valence-corrected chi connectivity index (χ0v) is 14.5. The van der Waals surface area contributed by atoms with Gasteiger partial charge in [-0.05, 0) is 37.0 Å². The van der Waals surface area contributed by atoms with Gasteiger partial charge in [-0.15, -0.1) is 0 Å². The Kier molecular flexibility index (Phi) is 5.60. The van der Waals surface area contributed by atoms with Crippen LogP contribution in [0.15, 0.2) is 41.5 Å². The van der Waals surface area contributed by atoms with Gasteiger partial charge in [-0.3, -0.25) is 14.2 Å². The fourth-order valence-corrected chi connectivity index (χ4v) is 3.09. The van der Waals surface area contributed by atoms with Crippen molar-refractivity contribution in [2.75, 3.05) is 20.2 Å². The van der Waals surface area contributed by atoms with Crippen molar-refractivity contribution in [1.82, 2.24) is 14.5 Å². The number of hydrogen-bond acceptors (Lipinski definition) is 4. The Morgan fingerprint density at radius 2 is 2.00 bits per heavy atom. The van der Waals surface area contributed by atoms with Crippen LogP contribution in [0.4, 0.5) is 0 Å². The lowest BCUT2D eigenvalue weighted by Gasteiger charge is -2.26. The number of piperidine rings is 1. The topological polar surface area (TPSA) is 64.4 Å². The number of nitrogens with zero attached hydrogens (tertiary/aromatic N) is 3. The van der Waals surface area contributed by atoms with Crippen LogP contribution in [-0.2, 0) is 17.9 Å². The average molecular weight is 341 g/mol. The summed E-state index contributed by atoms with van der Waals surface area (Å²) in [6.07, 6.45) is 4.86. The van der Waals surface area contributed by atoms with Crippen molar-refractivity contribution >= 4 is 5.91 Å². The first-order chi connectivity index (χ1) is 12.2. The van der Waals surface area contributed by atoms with Crippen molar-refractivity contribution in [1.29, 1.82) is 0 Å². The summed E-state index contributed by atoms with van der Waals surface area (Å²) < 4.78 is 6.52. The Labute approximate surface area is 147 Å². The third kappa shape index (κ3) is 4.33. The molecule has 1 saturated heterocycles. The van der Waals surface area contributed by atoms with Gasteiger partial charge in [0.1, 0.15) is 0 Å². The van der Waals surface area contributed by atoms with Gasteiger partial charge < -0.3 is 9.64 Å². The molecule has 132 valence electrons. The second-order valence-electron chi connectivity index (χ2n) is 6.33. The smallest absolute Gasteiger partial charge is 0.253 e. The Bertz CT molecular complexity index is 794. The molecule has 1 aliphatic rings. The summed E-state index contributed by atoms with van der Waals surface area (Å²) in [5, 5.41) is 0. The summed E-state index contributed by atoms with van der Waals surface area (Å²) in [4.78, 5) is 30.9. The quantitative estimate of drug-likeness (QED) is 0.835. The van der Waals surface area contributed by atoms with Crippen LogP contribution in [0, 0.1) is 0 Å². The zero-order chi connectivity index (χ0) is 17.6. The van der Waals surface area contributed by atoms with E-state index in [1.165, 1.54) is 23.4 Å². The standard InChI is InChI=1S/C19H23N3O3/c1-25-13-17-11-18(23)22(14-20-17)12-15-6-5-7-16(10-15)19(24)21-8-3-2-4-9-21/h5-7,10-11,14H,2-4,8-9,12-13H2,1H3. The molecule has 1 aromatic heterocycles. The maximum Gasteiger partial charge on any atom is 0.253 e. The number of carbonyl (C=O) groups is 1. The molecule has 25 heavy (non-hydrogen) atoms. The number of hydrogen-bond donors (Lipinski definition) is 0. The fourth-order valence-electron chi connectivity index (χ4n) is 3.09. The van der Waals surface area contributed by atoms with Gasteiger partial charge in [-0.2, -0.15) is 0 Å². The average Bonchev–Trinajstić information content (AvgIpc) is 2.65. The number of carbonyl (C=O) groups excluding carboxylic acids is 1. The van der Waals surface area contributed by atoms with Crippen LogP contribution >= 0.6 is 0 Å². The highest BCUT2D eigenvalue weighted by atomic mass is 16.5. The highest BCUT2D eigenvalue weighted by Crippen LogP contribution is 2.14. The molecule has 6 nitrogen and oxygen atoms in total. The van der Waals surface area contributed by atoms with Crippen LogP contribution in [0.5, 0.6) is 0 Å². The number of ether oxygens (including phenoxy) is 1. The third-order valence-corrected chi connectivity index (χ3v) is 4.40. The lowest BCUT2D eigenvalue weighted by Crippen LogP contribution is -2.35. The summed E-state index contributed by atoms with van der Waals surface area (Å²) >= 11 is 0. The molecule has 2 heterocycles. The highest BCUT2D eigenvalue weighted by molar-refractivity contribution is 5.94. The van der Waals surface area contributed by atoms with E-state index in [1.54, 1.807) is 7.11 Å². The number of methoxy groups -OCH3 is 1.